The van der Waals surface area contributed by atoms with Gasteiger partial charge in [0.05, 0.1) is 11.4 Å². The topological polar surface area (TPSA) is 37.8 Å². The highest BCUT2D eigenvalue weighted by atomic mass is 127. The number of likely N-dealkylation sites (N-methyl/N-ethyl adjacent to an activating group) is 1. The summed E-state index contributed by atoms with van der Waals surface area (Å²) >= 11 is 2.33. The molecule has 0 amide bonds. The molecule has 0 fully saturated rings. The summed E-state index contributed by atoms with van der Waals surface area (Å²) in [6.45, 7) is 7.09. The molecule has 1 N–H and O–H groups in total. The van der Waals surface area contributed by atoms with Crippen LogP contribution in [0.15, 0.2) is 30.3 Å². The third kappa shape index (κ3) is 3.99. The number of rotatable bonds is 5. The minimum Gasteiger partial charge on any atom is -0.310 e. The lowest BCUT2D eigenvalue weighted by Gasteiger charge is -2.20. The molecule has 2 aromatic rings. The summed E-state index contributed by atoms with van der Waals surface area (Å²) in [7, 11) is 0. The van der Waals surface area contributed by atoms with Gasteiger partial charge in [-0.15, -0.1) is 0 Å². The van der Waals surface area contributed by atoms with Gasteiger partial charge in [0, 0.05) is 9.61 Å². The number of aryl methyl sites for hydroxylation is 2. The van der Waals surface area contributed by atoms with Crippen molar-refractivity contribution in [2.45, 2.75) is 33.2 Å². The van der Waals surface area contributed by atoms with Crippen LogP contribution in [0, 0.1) is 17.4 Å². The molecule has 2 rings (SSSR count). The number of nitrogens with one attached hydrogen (secondary N) is 1. The lowest BCUT2D eigenvalue weighted by atomic mass is 9.97. The number of hydrogen-bond acceptors (Lipinski definition) is 3. The predicted molar refractivity (Wildman–Crippen MR) is 90.8 cm³/mol. The molecule has 0 saturated heterocycles. The molecule has 0 aliphatic heterocycles. The quantitative estimate of drug-likeness (QED) is 0.805. The standard InChI is InChI=1S/C16H20IN3/c1-4-18-16(10-13-5-7-14(17)8-6-13)15-9-11(2)19-20-12(15)3/h5-9,16,18H,4,10H2,1-3H3. The fourth-order valence-corrected chi connectivity index (χ4v) is 2.68. The van der Waals surface area contributed by atoms with Crippen LogP contribution in [0.1, 0.15) is 35.5 Å². The van der Waals surface area contributed by atoms with Gasteiger partial charge in [-0.1, -0.05) is 19.1 Å². The van der Waals surface area contributed by atoms with Crippen LogP contribution in [-0.4, -0.2) is 16.7 Å². The van der Waals surface area contributed by atoms with E-state index in [9.17, 15) is 0 Å². The van der Waals surface area contributed by atoms with Crippen LogP contribution < -0.4 is 5.32 Å². The minimum atomic E-state index is 0.286. The van der Waals surface area contributed by atoms with Gasteiger partial charge < -0.3 is 5.32 Å². The maximum absolute atomic E-state index is 4.25. The Kier molecular flexibility index (Phi) is 5.48. The van der Waals surface area contributed by atoms with E-state index in [1.54, 1.807) is 0 Å². The maximum Gasteiger partial charge on any atom is 0.0648 e. The molecule has 1 heterocycles. The van der Waals surface area contributed by atoms with E-state index in [4.69, 9.17) is 0 Å². The van der Waals surface area contributed by atoms with Crippen molar-refractivity contribution < 1.29 is 0 Å². The maximum atomic E-state index is 4.25. The van der Waals surface area contributed by atoms with Crippen LogP contribution in [0.5, 0.6) is 0 Å². The molecule has 1 unspecified atom stereocenters. The molecule has 0 radical (unpaired) electrons. The van der Waals surface area contributed by atoms with Crippen molar-refractivity contribution in [3.63, 3.8) is 0 Å². The fourth-order valence-electron chi connectivity index (χ4n) is 2.32. The molecule has 20 heavy (non-hydrogen) atoms. The Balaban J connectivity index is 2.26. The van der Waals surface area contributed by atoms with Gasteiger partial charge in [0.15, 0.2) is 0 Å². The third-order valence-corrected chi connectivity index (χ3v) is 4.04. The first kappa shape index (κ1) is 15.4. The molecular formula is C16H20IN3. The van der Waals surface area contributed by atoms with Gasteiger partial charge in [-0.3, -0.25) is 0 Å². The second-order valence-corrected chi connectivity index (χ2v) is 6.21. The molecule has 0 saturated carbocycles. The predicted octanol–water partition coefficient (Wildman–Crippen LogP) is 3.59. The monoisotopic (exact) mass is 381 g/mol. The molecule has 4 heteroatoms. The first-order valence-corrected chi connectivity index (χ1v) is 7.96. The van der Waals surface area contributed by atoms with Crippen molar-refractivity contribution in [1.29, 1.82) is 0 Å². The average Bonchev–Trinajstić information content (AvgIpc) is 2.43. The third-order valence-electron chi connectivity index (χ3n) is 3.32. The molecule has 0 spiro atoms. The highest BCUT2D eigenvalue weighted by Gasteiger charge is 2.15. The summed E-state index contributed by atoms with van der Waals surface area (Å²) in [5.74, 6) is 0. The highest BCUT2D eigenvalue weighted by molar-refractivity contribution is 14.1. The van der Waals surface area contributed by atoms with Crippen molar-refractivity contribution in [3.8, 4) is 0 Å². The van der Waals surface area contributed by atoms with Crippen molar-refractivity contribution in [3.05, 3.63) is 56.4 Å². The summed E-state index contributed by atoms with van der Waals surface area (Å²) in [5.41, 5.74) is 4.56. The second kappa shape index (κ2) is 7.13. The van der Waals surface area contributed by atoms with Crippen molar-refractivity contribution in [2.24, 2.45) is 0 Å². The molecule has 106 valence electrons. The summed E-state index contributed by atoms with van der Waals surface area (Å²) in [6.07, 6.45) is 0.969. The van der Waals surface area contributed by atoms with Crippen LogP contribution in [0.4, 0.5) is 0 Å². The molecule has 1 aromatic heterocycles. The van der Waals surface area contributed by atoms with E-state index >= 15 is 0 Å². The highest BCUT2D eigenvalue weighted by Crippen LogP contribution is 2.21. The van der Waals surface area contributed by atoms with E-state index in [2.05, 4.69) is 75.4 Å². The van der Waals surface area contributed by atoms with E-state index in [-0.39, 0.29) is 6.04 Å². The van der Waals surface area contributed by atoms with E-state index < -0.39 is 0 Å². The van der Waals surface area contributed by atoms with Crippen LogP contribution in [-0.2, 0) is 6.42 Å². The Bertz CT molecular complexity index is 566. The van der Waals surface area contributed by atoms with E-state index in [0.717, 1.165) is 24.4 Å². The van der Waals surface area contributed by atoms with E-state index in [1.165, 1.54) is 14.7 Å². The van der Waals surface area contributed by atoms with Gasteiger partial charge in [0.2, 0.25) is 0 Å². The molecule has 0 bridgehead atoms. The number of halogens is 1. The summed E-state index contributed by atoms with van der Waals surface area (Å²) in [4.78, 5) is 0. The van der Waals surface area contributed by atoms with Gasteiger partial charge in [0.1, 0.15) is 0 Å². The van der Waals surface area contributed by atoms with Crippen LogP contribution in [0.25, 0.3) is 0 Å². The Labute approximate surface area is 134 Å². The normalized spacial score (nSPS) is 12.4. The van der Waals surface area contributed by atoms with Gasteiger partial charge in [-0.05, 0) is 78.7 Å². The lowest BCUT2D eigenvalue weighted by molar-refractivity contribution is 0.542. The largest absolute Gasteiger partial charge is 0.310 e. The van der Waals surface area contributed by atoms with Crippen molar-refractivity contribution >= 4 is 22.6 Å². The minimum absolute atomic E-state index is 0.286. The van der Waals surface area contributed by atoms with Gasteiger partial charge in [-0.25, -0.2) is 0 Å². The molecule has 1 aromatic carbocycles. The lowest BCUT2D eigenvalue weighted by Crippen LogP contribution is -2.24. The zero-order valence-corrected chi connectivity index (χ0v) is 14.3. The number of hydrogen-bond donors (Lipinski definition) is 1. The van der Waals surface area contributed by atoms with E-state index in [0.29, 0.717) is 0 Å². The first-order valence-electron chi connectivity index (χ1n) is 6.88. The molecule has 0 aliphatic carbocycles. The number of nitrogens with zero attached hydrogens (tertiary/aromatic N) is 2. The Hall–Kier alpha value is -1.01. The summed E-state index contributed by atoms with van der Waals surface area (Å²) in [6, 6.07) is 11.1. The Morgan fingerprint density at radius 2 is 1.85 bits per heavy atom. The van der Waals surface area contributed by atoms with Crippen LogP contribution in [0.2, 0.25) is 0 Å². The summed E-state index contributed by atoms with van der Waals surface area (Å²) in [5, 5.41) is 11.9. The molecule has 1 atom stereocenters. The first-order chi connectivity index (χ1) is 9.60. The van der Waals surface area contributed by atoms with Gasteiger partial charge in [0.25, 0.3) is 0 Å². The molecular weight excluding hydrogens is 361 g/mol. The number of aromatic nitrogens is 2. The Morgan fingerprint density at radius 3 is 2.50 bits per heavy atom. The van der Waals surface area contributed by atoms with Crippen molar-refractivity contribution in [1.82, 2.24) is 15.5 Å². The zero-order valence-electron chi connectivity index (χ0n) is 12.2. The smallest absolute Gasteiger partial charge is 0.0648 e. The molecule has 3 nitrogen and oxygen atoms in total. The SMILES string of the molecule is CCNC(Cc1ccc(I)cc1)c1cc(C)nnc1C. The number of benzene rings is 1. The molecule has 0 aliphatic rings. The average molecular weight is 381 g/mol. The van der Waals surface area contributed by atoms with Crippen LogP contribution in [0.3, 0.4) is 0 Å². The van der Waals surface area contributed by atoms with Gasteiger partial charge >= 0.3 is 0 Å². The Morgan fingerprint density at radius 1 is 1.15 bits per heavy atom. The summed E-state index contributed by atoms with van der Waals surface area (Å²) < 4.78 is 1.27. The van der Waals surface area contributed by atoms with Crippen LogP contribution >= 0.6 is 22.6 Å². The zero-order chi connectivity index (χ0) is 14.5. The van der Waals surface area contributed by atoms with Crippen molar-refractivity contribution in [2.75, 3.05) is 6.54 Å². The fraction of sp³-hybridized carbons (Fsp3) is 0.375. The second-order valence-electron chi connectivity index (χ2n) is 4.97. The van der Waals surface area contributed by atoms with Gasteiger partial charge in [-0.2, -0.15) is 10.2 Å². The van der Waals surface area contributed by atoms with E-state index in [1.807, 2.05) is 13.8 Å².